The fraction of sp³-hybridized carbons (Fsp3) is 0.593. The van der Waals surface area contributed by atoms with Gasteiger partial charge in [0.1, 0.15) is 0 Å². The highest BCUT2D eigenvalue weighted by Gasteiger charge is 2.34. The molecular weight excluding hydrogens is 476 g/mol. The summed E-state index contributed by atoms with van der Waals surface area (Å²) in [7, 11) is 1.86. The number of aromatic nitrogens is 2. The summed E-state index contributed by atoms with van der Waals surface area (Å²) >= 11 is 0. The Kier molecular flexibility index (Phi) is 6.28. The molecule has 8 nitrogen and oxygen atoms in total. The van der Waals surface area contributed by atoms with E-state index >= 15 is 0 Å². The van der Waals surface area contributed by atoms with Gasteiger partial charge >= 0.3 is 6.03 Å². The molecule has 37 heavy (non-hydrogen) atoms. The van der Waals surface area contributed by atoms with Crippen molar-refractivity contribution in [3.05, 3.63) is 40.1 Å². The average Bonchev–Trinajstić information content (AvgIpc) is 3.51. The molecule has 2 amide bonds. The summed E-state index contributed by atoms with van der Waals surface area (Å²) in [6, 6.07) is 3.56. The van der Waals surface area contributed by atoms with E-state index in [-0.39, 0.29) is 11.5 Å². The molecule has 1 aromatic heterocycles. The lowest BCUT2D eigenvalue weighted by atomic mass is 9.89. The highest BCUT2D eigenvalue weighted by atomic mass is 19.3. The number of halogens is 2. The zero-order valence-electron chi connectivity index (χ0n) is 21.4. The zero-order chi connectivity index (χ0) is 25.7. The maximum absolute atomic E-state index is 14.4. The molecule has 0 bridgehead atoms. The van der Waals surface area contributed by atoms with E-state index in [0.717, 1.165) is 48.3 Å². The van der Waals surface area contributed by atoms with Crippen LogP contribution in [-0.2, 0) is 19.4 Å². The molecule has 1 aromatic carbocycles. The number of carbonyl (C=O) groups excluding carboxylic acids is 1. The van der Waals surface area contributed by atoms with Crippen molar-refractivity contribution < 1.29 is 13.6 Å². The Labute approximate surface area is 216 Å². The summed E-state index contributed by atoms with van der Waals surface area (Å²) in [6.07, 6.45) is 7.46. The van der Waals surface area contributed by atoms with Gasteiger partial charge in [0.25, 0.3) is 6.43 Å². The average molecular weight is 512 g/mol. The number of amides is 2. The number of fused-ring (bicyclic) bond motifs is 2. The van der Waals surface area contributed by atoms with Gasteiger partial charge in [-0.1, -0.05) is 25.3 Å². The Hall–Kier alpha value is -3.17. The molecule has 2 aromatic rings. The number of aryl methyl sites for hydroxylation is 1. The predicted octanol–water partition coefficient (Wildman–Crippen LogP) is 4.86. The quantitative estimate of drug-likeness (QED) is 0.636. The third-order valence-electron chi connectivity index (χ3n) is 8.49. The molecule has 10 heteroatoms. The Morgan fingerprint density at radius 3 is 2.62 bits per heavy atom. The predicted molar refractivity (Wildman–Crippen MR) is 139 cm³/mol. The Balaban J connectivity index is 1.44. The van der Waals surface area contributed by atoms with Crippen LogP contribution >= 0.6 is 0 Å². The molecule has 4 heterocycles. The minimum absolute atomic E-state index is 0.0664. The van der Waals surface area contributed by atoms with Crippen LogP contribution in [0.4, 0.5) is 25.1 Å². The number of anilines is 2. The molecule has 198 valence electrons. The largest absolute Gasteiger partial charge is 0.351 e. The van der Waals surface area contributed by atoms with E-state index in [9.17, 15) is 13.6 Å². The van der Waals surface area contributed by atoms with Crippen molar-refractivity contribution in [2.45, 2.75) is 76.3 Å². The number of likely N-dealkylation sites (N-methyl/N-ethyl adjacent to an activating group) is 1. The van der Waals surface area contributed by atoms with Gasteiger partial charge in [0.2, 0.25) is 0 Å². The molecule has 1 fully saturated rings. The first-order chi connectivity index (χ1) is 17.9. The highest BCUT2D eigenvalue weighted by molar-refractivity contribution is 5.76. The van der Waals surface area contributed by atoms with Crippen molar-refractivity contribution in [1.82, 2.24) is 19.7 Å². The number of benzene rings is 1. The monoisotopic (exact) mass is 511 g/mol. The van der Waals surface area contributed by atoms with Crippen molar-refractivity contribution >= 4 is 23.8 Å². The molecule has 2 N–H and O–H groups in total. The maximum atomic E-state index is 14.4. The number of nitrogens with zero attached hydrogens (tertiary/aromatic N) is 6. The van der Waals surface area contributed by atoms with Gasteiger partial charge in [-0.2, -0.15) is 10.2 Å². The van der Waals surface area contributed by atoms with Gasteiger partial charge < -0.3 is 15.5 Å². The smallest absolute Gasteiger partial charge is 0.315 e. The minimum atomic E-state index is -2.58. The van der Waals surface area contributed by atoms with Gasteiger partial charge in [-0.3, -0.25) is 9.69 Å². The molecule has 0 spiro atoms. The van der Waals surface area contributed by atoms with Crippen LogP contribution in [0.1, 0.15) is 84.9 Å². The lowest BCUT2D eigenvalue weighted by Gasteiger charge is -2.33. The standard InChI is InChI=1S/C27H35F2N7O/c1-33-15-18(14-31-33)20-12-17-6-5-10-35(24(17)13-21(20)25(28)29)26-22-16-34(27(30)37)11-9-23(22)36(32-26)19-7-3-2-4-8-19/h12-14,18-19,25H,2-11,15-16H2,1H3,(H2,30,37). The van der Waals surface area contributed by atoms with E-state index in [1.807, 2.05) is 13.1 Å². The van der Waals surface area contributed by atoms with Crippen LogP contribution in [0.15, 0.2) is 17.2 Å². The number of rotatable bonds is 4. The van der Waals surface area contributed by atoms with Crippen molar-refractivity contribution in [2.75, 3.05) is 31.6 Å². The van der Waals surface area contributed by atoms with Gasteiger partial charge in [0, 0.05) is 67.7 Å². The maximum Gasteiger partial charge on any atom is 0.315 e. The van der Waals surface area contributed by atoms with Crippen LogP contribution in [0, 0.1) is 0 Å². The summed E-state index contributed by atoms with van der Waals surface area (Å²) in [5.41, 5.74) is 10.5. The van der Waals surface area contributed by atoms with Crippen LogP contribution in [-0.4, -0.2) is 58.6 Å². The van der Waals surface area contributed by atoms with Gasteiger partial charge in [-0.15, -0.1) is 0 Å². The fourth-order valence-electron chi connectivity index (χ4n) is 6.61. The van der Waals surface area contributed by atoms with Crippen molar-refractivity contribution in [3.63, 3.8) is 0 Å². The molecule has 1 aliphatic carbocycles. The van der Waals surface area contributed by atoms with E-state index in [1.54, 1.807) is 22.2 Å². The number of primary amides is 1. The number of alkyl halides is 2. The van der Waals surface area contributed by atoms with Gasteiger partial charge in [0.05, 0.1) is 12.6 Å². The molecular formula is C27H35F2N7O. The molecule has 1 atom stereocenters. The van der Waals surface area contributed by atoms with Crippen molar-refractivity contribution in [2.24, 2.45) is 10.8 Å². The summed E-state index contributed by atoms with van der Waals surface area (Å²) in [6.45, 7) is 2.29. The molecule has 6 rings (SSSR count). The molecule has 3 aliphatic heterocycles. The van der Waals surface area contributed by atoms with E-state index in [2.05, 4.69) is 14.7 Å². The van der Waals surface area contributed by atoms with Crippen molar-refractivity contribution in [3.8, 4) is 0 Å². The SMILES string of the molecule is CN1CC(c2cc3c(cc2C(F)F)N(c2nn(C4CCCCC4)c4c2CN(C(N)=O)CC4)CCC3)C=N1. The number of hydrogen-bond acceptors (Lipinski definition) is 5. The van der Waals surface area contributed by atoms with E-state index in [4.69, 9.17) is 10.8 Å². The number of hydrazone groups is 1. The highest BCUT2D eigenvalue weighted by Crippen LogP contribution is 2.43. The van der Waals surface area contributed by atoms with Crippen LogP contribution in [0.3, 0.4) is 0 Å². The second-order valence-electron chi connectivity index (χ2n) is 10.9. The minimum Gasteiger partial charge on any atom is -0.351 e. The second-order valence-corrected chi connectivity index (χ2v) is 10.9. The third kappa shape index (κ3) is 4.34. The van der Waals surface area contributed by atoms with Crippen LogP contribution < -0.4 is 10.6 Å². The second kappa shape index (κ2) is 9.61. The van der Waals surface area contributed by atoms with Gasteiger partial charge in [0.15, 0.2) is 5.82 Å². The molecule has 1 unspecified atom stereocenters. The topological polar surface area (TPSA) is 83.0 Å². The lowest BCUT2D eigenvalue weighted by molar-refractivity contribution is 0.150. The normalized spacial score (nSPS) is 22.1. The van der Waals surface area contributed by atoms with Crippen molar-refractivity contribution in [1.29, 1.82) is 0 Å². The first kappa shape index (κ1) is 24.2. The number of hydrogen-bond donors (Lipinski definition) is 1. The summed E-state index contributed by atoms with van der Waals surface area (Å²) in [4.78, 5) is 15.9. The molecule has 0 radical (unpaired) electrons. The Morgan fingerprint density at radius 1 is 1.11 bits per heavy atom. The fourth-order valence-corrected chi connectivity index (χ4v) is 6.61. The van der Waals surface area contributed by atoms with Gasteiger partial charge in [-0.05, 0) is 42.9 Å². The van der Waals surface area contributed by atoms with E-state index in [1.165, 1.54) is 25.0 Å². The molecule has 1 saturated carbocycles. The van der Waals surface area contributed by atoms with Crippen LogP contribution in [0.5, 0.6) is 0 Å². The summed E-state index contributed by atoms with van der Waals surface area (Å²) in [5, 5.41) is 11.2. The van der Waals surface area contributed by atoms with E-state index in [0.29, 0.717) is 44.2 Å². The Bertz CT molecular complexity index is 1220. The first-order valence-electron chi connectivity index (χ1n) is 13.5. The summed E-state index contributed by atoms with van der Waals surface area (Å²) < 4.78 is 31.0. The lowest BCUT2D eigenvalue weighted by Crippen LogP contribution is -2.40. The summed E-state index contributed by atoms with van der Waals surface area (Å²) in [5.74, 6) is 0.652. The van der Waals surface area contributed by atoms with Gasteiger partial charge in [-0.25, -0.2) is 13.6 Å². The molecule has 4 aliphatic rings. The number of nitrogens with two attached hydrogens (primary N) is 1. The number of urea groups is 1. The van der Waals surface area contributed by atoms with Crippen LogP contribution in [0.25, 0.3) is 0 Å². The van der Waals surface area contributed by atoms with Crippen LogP contribution in [0.2, 0.25) is 0 Å². The third-order valence-corrected chi connectivity index (χ3v) is 8.49. The molecule has 0 saturated heterocycles. The first-order valence-corrected chi connectivity index (χ1v) is 13.5. The van der Waals surface area contributed by atoms with E-state index < -0.39 is 12.5 Å². The number of carbonyl (C=O) groups is 1. The Morgan fingerprint density at radius 2 is 1.92 bits per heavy atom. The zero-order valence-corrected chi connectivity index (χ0v) is 21.4.